The number of hydrogen-bond acceptors (Lipinski definition) is 4. The predicted molar refractivity (Wildman–Crippen MR) is 103 cm³/mol. The average Bonchev–Trinajstić information content (AvgIpc) is 2.66. The second-order valence-electron chi connectivity index (χ2n) is 7.63. The van der Waals surface area contributed by atoms with Crippen molar-refractivity contribution in [3.63, 3.8) is 0 Å². The van der Waals surface area contributed by atoms with Crippen molar-refractivity contribution in [2.75, 3.05) is 19.7 Å². The molecular weight excluding hydrogens is 344 g/mol. The van der Waals surface area contributed by atoms with Crippen molar-refractivity contribution in [2.45, 2.75) is 52.0 Å². The number of hydrogen-bond donors (Lipinski definition) is 1. The average molecular weight is 374 g/mol. The quantitative estimate of drug-likeness (QED) is 0.775. The molecule has 148 valence electrons. The van der Waals surface area contributed by atoms with Gasteiger partial charge in [0.15, 0.2) is 6.61 Å². The van der Waals surface area contributed by atoms with Crippen LogP contribution in [0.15, 0.2) is 30.3 Å². The number of carbonyl (C=O) groups is 3. The molecule has 0 radical (unpaired) electrons. The molecule has 6 heteroatoms. The summed E-state index contributed by atoms with van der Waals surface area (Å²) in [6.45, 7) is 8.20. The van der Waals surface area contributed by atoms with E-state index < -0.39 is 11.4 Å². The molecule has 1 aliphatic rings. The van der Waals surface area contributed by atoms with E-state index in [1.54, 1.807) is 4.90 Å². The second-order valence-corrected chi connectivity index (χ2v) is 7.63. The topological polar surface area (TPSA) is 75.7 Å². The number of benzene rings is 1. The summed E-state index contributed by atoms with van der Waals surface area (Å²) in [6.07, 6.45) is 0.971. The number of rotatable bonds is 6. The van der Waals surface area contributed by atoms with Crippen molar-refractivity contribution >= 4 is 17.8 Å². The highest BCUT2D eigenvalue weighted by atomic mass is 16.5. The molecule has 6 nitrogen and oxygen atoms in total. The number of nitrogens with zero attached hydrogens (tertiary/aromatic N) is 1. The highest BCUT2D eigenvalue weighted by Crippen LogP contribution is 2.37. The van der Waals surface area contributed by atoms with Crippen LogP contribution in [0.25, 0.3) is 0 Å². The zero-order chi connectivity index (χ0) is 20.0. The first-order valence-electron chi connectivity index (χ1n) is 9.54. The number of esters is 1. The van der Waals surface area contributed by atoms with Crippen molar-refractivity contribution in [3.05, 3.63) is 35.9 Å². The van der Waals surface area contributed by atoms with Crippen LogP contribution in [-0.2, 0) is 24.5 Å². The van der Waals surface area contributed by atoms with Crippen molar-refractivity contribution < 1.29 is 19.1 Å². The van der Waals surface area contributed by atoms with E-state index >= 15 is 0 Å². The van der Waals surface area contributed by atoms with Crippen LogP contribution in [0.3, 0.4) is 0 Å². The van der Waals surface area contributed by atoms with E-state index in [0.29, 0.717) is 31.8 Å². The molecule has 0 spiro atoms. The third kappa shape index (κ3) is 5.08. The normalized spacial score (nSPS) is 17.3. The minimum absolute atomic E-state index is 0.00656. The molecular formula is C21H30N2O4. The highest BCUT2D eigenvalue weighted by Gasteiger charge is 2.44. The maximum Gasteiger partial charge on any atom is 0.317 e. The van der Waals surface area contributed by atoms with E-state index in [9.17, 15) is 14.4 Å². The summed E-state index contributed by atoms with van der Waals surface area (Å²) >= 11 is 0. The maximum absolute atomic E-state index is 13.0. The Hall–Kier alpha value is -2.37. The molecule has 1 aromatic carbocycles. The largest absolute Gasteiger partial charge is 0.455 e. The van der Waals surface area contributed by atoms with Gasteiger partial charge in [0, 0.05) is 26.1 Å². The van der Waals surface area contributed by atoms with Gasteiger partial charge in [-0.25, -0.2) is 0 Å². The van der Waals surface area contributed by atoms with Crippen LogP contribution in [0.4, 0.5) is 0 Å². The molecule has 1 saturated heterocycles. The van der Waals surface area contributed by atoms with Gasteiger partial charge in [-0.15, -0.1) is 0 Å². The van der Waals surface area contributed by atoms with Gasteiger partial charge in [-0.2, -0.15) is 0 Å². The standard InChI is InChI=1S/C21H30N2O4/c1-15(2)16(3)22-19(25)14-27-20(26)21(18-8-6-5-7-9-18)10-12-23(13-11-21)17(4)24/h5-9,15-16H,10-14H2,1-4H3,(H,22,25)/t16-/m0/s1. The summed E-state index contributed by atoms with van der Waals surface area (Å²) in [4.78, 5) is 38.5. The number of carbonyl (C=O) groups excluding carboxylic acids is 3. The summed E-state index contributed by atoms with van der Waals surface area (Å²) in [5.41, 5.74) is 0.0473. The van der Waals surface area contributed by atoms with E-state index in [-0.39, 0.29) is 24.5 Å². The fourth-order valence-electron chi connectivity index (χ4n) is 3.30. The van der Waals surface area contributed by atoms with Crippen molar-refractivity contribution in [1.82, 2.24) is 10.2 Å². The fraction of sp³-hybridized carbons (Fsp3) is 0.571. The summed E-state index contributed by atoms with van der Waals surface area (Å²) in [6, 6.07) is 9.50. The fourth-order valence-corrected chi connectivity index (χ4v) is 3.30. The number of piperidine rings is 1. The summed E-state index contributed by atoms with van der Waals surface area (Å²) in [7, 11) is 0. The number of likely N-dealkylation sites (tertiary alicyclic amines) is 1. The van der Waals surface area contributed by atoms with Gasteiger partial charge in [0.2, 0.25) is 5.91 Å². The Kier molecular flexibility index (Phi) is 6.99. The molecule has 1 heterocycles. The molecule has 1 N–H and O–H groups in total. The first kappa shape index (κ1) is 20.9. The van der Waals surface area contributed by atoms with Gasteiger partial charge >= 0.3 is 5.97 Å². The first-order valence-corrected chi connectivity index (χ1v) is 9.54. The lowest BCUT2D eigenvalue weighted by atomic mass is 9.72. The first-order chi connectivity index (χ1) is 12.8. The van der Waals surface area contributed by atoms with E-state index in [2.05, 4.69) is 5.32 Å². The summed E-state index contributed by atoms with van der Waals surface area (Å²) in [5, 5.41) is 2.84. The summed E-state index contributed by atoms with van der Waals surface area (Å²) < 4.78 is 5.42. The van der Waals surface area contributed by atoms with Gasteiger partial charge in [-0.05, 0) is 31.2 Å². The lowest BCUT2D eigenvalue weighted by Gasteiger charge is -2.40. The zero-order valence-electron chi connectivity index (χ0n) is 16.7. The molecule has 27 heavy (non-hydrogen) atoms. The number of nitrogens with one attached hydrogen (secondary N) is 1. The Morgan fingerprint density at radius 2 is 1.70 bits per heavy atom. The number of amides is 2. The van der Waals surface area contributed by atoms with Gasteiger partial charge in [-0.3, -0.25) is 14.4 Å². The van der Waals surface area contributed by atoms with E-state index in [1.807, 2.05) is 51.1 Å². The molecule has 0 bridgehead atoms. The monoisotopic (exact) mass is 374 g/mol. The molecule has 2 rings (SSSR count). The molecule has 2 amide bonds. The van der Waals surface area contributed by atoms with Crippen LogP contribution in [0.1, 0.15) is 46.1 Å². The minimum Gasteiger partial charge on any atom is -0.455 e. The Morgan fingerprint density at radius 1 is 1.11 bits per heavy atom. The van der Waals surface area contributed by atoms with E-state index in [4.69, 9.17) is 4.74 Å². The Bertz CT molecular complexity index is 664. The van der Waals surface area contributed by atoms with Crippen LogP contribution >= 0.6 is 0 Å². The van der Waals surface area contributed by atoms with Crippen LogP contribution in [-0.4, -0.2) is 48.4 Å². The third-order valence-electron chi connectivity index (χ3n) is 5.50. The van der Waals surface area contributed by atoms with Gasteiger partial charge in [0.1, 0.15) is 0 Å². The molecule has 0 aromatic heterocycles. The summed E-state index contributed by atoms with van der Waals surface area (Å²) in [5.74, 6) is -0.388. The maximum atomic E-state index is 13.0. The van der Waals surface area contributed by atoms with E-state index in [0.717, 1.165) is 5.56 Å². The molecule has 1 aromatic rings. The Morgan fingerprint density at radius 3 is 2.22 bits per heavy atom. The predicted octanol–water partition coefficient (Wildman–Crippen LogP) is 2.27. The third-order valence-corrected chi connectivity index (χ3v) is 5.50. The van der Waals surface area contributed by atoms with Gasteiger partial charge in [-0.1, -0.05) is 44.2 Å². The van der Waals surface area contributed by atoms with Gasteiger partial charge in [0.05, 0.1) is 5.41 Å². The SMILES string of the molecule is CC(=O)N1CCC(C(=O)OCC(=O)N[C@@H](C)C(C)C)(c2ccccc2)CC1. The zero-order valence-corrected chi connectivity index (χ0v) is 16.7. The lowest BCUT2D eigenvalue weighted by molar-refractivity contribution is -0.157. The molecule has 0 unspecified atom stereocenters. The lowest BCUT2D eigenvalue weighted by Crippen LogP contribution is -2.50. The Labute approximate surface area is 161 Å². The molecule has 1 fully saturated rings. The van der Waals surface area contributed by atoms with E-state index in [1.165, 1.54) is 6.92 Å². The van der Waals surface area contributed by atoms with Crippen LogP contribution in [0.2, 0.25) is 0 Å². The van der Waals surface area contributed by atoms with Crippen molar-refractivity contribution in [1.29, 1.82) is 0 Å². The molecule has 1 aliphatic heterocycles. The Balaban J connectivity index is 2.09. The second kappa shape index (κ2) is 9.02. The van der Waals surface area contributed by atoms with Gasteiger partial charge in [0.25, 0.3) is 5.91 Å². The van der Waals surface area contributed by atoms with Crippen molar-refractivity contribution in [2.24, 2.45) is 5.92 Å². The number of ether oxygens (including phenoxy) is 1. The van der Waals surface area contributed by atoms with Crippen molar-refractivity contribution in [3.8, 4) is 0 Å². The molecule has 0 saturated carbocycles. The van der Waals surface area contributed by atoms with Crippen LogP contribution in [0, 0.1) is 5.92 Å². The van der Waals surface area contributed by atoms with Gasteiger partial charge < -0.3 is 15.0 Å². The molecule has 1 atom stereocenters. The molecule has 0 aliphatic carbocycles. The highest BCUT2D eigenvalue weighted by molar-refractivity contribution is 5.87. The van der Waals surface area contributed by atoms with Crippen LogP contribution < -0.4 is 5.32 Å². The van der Waals surface area contributed by atoms with Crippen LogP contribution in [0.5, 0.6) is 0 Å². The smallest absolute Gasteiger partial charge is 0.317 e. The minimum atomic E-state index is -0.822.